The summed E-state index contributed by atoms with van der Waals surface area (Å²) in [6, 6.07) is 7.77. The zero-order chi connectivity index (χ0) is 15.9. The quantitative estimate of drug-likeness (QED) is 0.887. The number of urea groups is 1. The summed E-state index contributed by atoms with van der Waals surface area (Å²) >= 11 is 3.39. The molecule has 1 aromatic rings. The van der Waals surface area contributed by atoms with Gasteiger partial charge in [0.05, 0.1) is 6.42 Å². The standard InChI is InChI=1S/C16H22BrN3O2/c1-2-7-18-16(22)20-10-8-19(9-11-20)15(21)12-13-3-5-14(17)6-4-13/h3-6H,2,7-12H2,1H3,(H,18,22). The number of rotatable bonds is 4. The van der Waals surface area contributed by atoms with Gasteiger partial charge in [-0.25, -0.2) is 4.79 Å². The zero-order valence-electron chi connectivity index (χ0n) is 12.8. The molecule has 1 N–H and O–H groups in total. The largest absolute Gasteiger partial charge is 0.339 e. The van der Waals surface area contributed by atoms with Gasteiger partial charge in [-0.2, -0.15) is 0 Å². The lowest BCUT2D eigenvalue weighted by Gasteiger charge is -2.34. The minimum atomic E-state index is -0.0261. The first kappa shape index (κ1) is 16.8. The molecule has 0 aliphatic carbocycles. The molecule has 0 spiro atoms. The summed E-state index contributed by atoms with van der Waals surface area (Å²) in [4.78, 5) is 27.8. The van der Waals surface area contributed by atoms with E-state index in [1.54, 1.807) is 4.90 Å². The Labute approximate surface area is 139 Å². The van der Waals surface area contributed by atoms with Gasteiger partial charge in [-0.05, 0) is 24.1 Å². The molecule has 1 fully saturated rings. The molecular formula is C16H22BrN3O2. The summed E-state index contributed by atoms with van der Waals surface area (Å²) in [7, 11) is 0. The number of benzene rings is 1. The third-order valence-corrected chi connectivity index (χ3v) is 4.24. The topological polar surface area (TPSA) is 52.7 Å². The van der Waals surface area contributed by atoms with Crippen molar-refractivity contribution in [1.82, 2.24) is 15.1 Å². The molecule has 0 saturated carbocycles. The van der Waals surface area contributed by atoms with Crippen LogP contribution in [0.5, 0.6) is 0 Å². The number of nitrogens with zero attached hydrogens (tertiary/aromatic N) is 2. The Hall–Kier alpha value is -1.56. The van der Waals surface area contributed by atoms with Crippen LogP contribution in [0, 0.1) is 0 Å². The Balaban J connectivity index is 1.79. The van der Waals surface area contributed by atoms with E-state index in [4.69, 9.17) is 0 Å². The molecule has 1 aliphatic rings. The number of hydrogen-bond donors (Lipinski definition) is 1. The van der Waals surface area contributed by atoms with Crippen molar-refractivity contribution < 1.29 is 9.59 Å². The van der Waals surface area contributed by atoms with Crippen LogP contribution >= 0.6 is 15.9 Å². The molecule has 2 rings (SSSR count). The molecule has 120 valence electrons. The van der Waals surface area contributed by atoms with E-state index in [0.29, 0.717) is 39.1 Å². The fraction of sp³-hybridized carbons (Fsp3) is 0.500. The third-order valence-electron chi connectivity index (χ3n) is 3.71. The molecule has 1 aliphatic heterocycles. The van der Waals surface area contributed by atoms with E-state index in [0.717, 1.165) is 16.5 Å². The van der Waals surface area contributed by atoms with Crippen LogP contribution in [0.4, 0.5) is 4.79 Å². The highest BCUT2D eigenvalue weighted by molar-refractivity contribution is 9.10. The maximum absolute atomic E-state index is 12.3. The normalized spacial score (nSPS) is 14.8. The Morgan fingerprint density at radius 1 is 1.09 bits per heavy atom. The summed E-state index contributed by atoms with van der Waals surface area (Å²) in [5.74, 6) is 0.121. The van der Waals surface area contributed by atoms with Crippen molar-refractivity contribution in [2.24, 2.45) is 0 Å². The fourth-order valence-corrected chi connectivity index (χ4v) is 2.66. The Bertz CT molecular complexity index is 511. The second-order valence-electron chi connectivity index (χ2n) is 5.40. The molecular weight excluding hydrogens is 346 g/mol. The molecule has 0 radical (unpaired) electrons. The van der Waals surface area contributed by atoms with E-state index in [1.807, 2.05) is 36.1 Å². The van der Waals surface area contributed by atoms with Crippen LogP contribution in [0.25, 0.3) is 0 Å². The van der Waals surface area contributed by atoms with Crippen LogP contribution in [0.15, 0.2) is 28.7 Å². The van der Waals surface area contributed by atoms with Gasteiger partial charge in [0.2, 0.25) is 5.91 Å². The predicted molar refractivity (Wildman–Crippen MR) is 89.7 cm³/mol. The highest BCUT2D eigenvalue weighted by atomic mass is 79.9. The molecule has 0 aromatic heterocycles. The van der Waals surface area contributed by atoms with Gasteiger partial charge >= 0.3 is 6.03 Å². The van der Waals surface area contributed by atoms with Gasteiger partial charge in [0.25, 0.3) is 0 Å². The summed E-state index contributed by atoms with van der Waals surface area (Å²) in [6.45, 7) is 5.13. The fourth-order valence-electron chi connectivity index (χ4n) is 2.39. The maximum Gasteiger partial charge on any atom is 0.317 e. The van der Waals surface area contributed by atoms with Crippen LogP contribution in [0.2, 0.25) is 0 Å². The molecule has 3 amide bonds. The number of piperazine rings is 1. The van der Waals surface area contributed by atoms with Crippen molar-refractivity contribution >= 4 is 27.9 Å². The van der Waals surface area contributed by atoms with Gasteiger partial charge in [-0.15, -0.1) is 0 Å². The van der Waals surface area contributed by atoms with E-state index in [-0.39, 0.29) is 11.9 Å². The maximum atomic E-state index is 12.3. The van der Waals surface area contributed by atoms with Crippen molar-refractivity contribution in [3.63, 3.8) is 0 Å². The molecule has 0 bridgehead atoms. The van der Waals surface area contributed by atoms with E-state index < -0.39 is 0 Å². The van der Waals surface area contributed by atoms with Gasteiger partial charge in [0.15, 0.2) is 0 Å². The van der Waals surface area contributed by atoms with Crippen molar-refractivity contribution in [1.29, 1.82) is 0 Å². The number of carbonyl (C=O) groups is 2. The van der Waals surface area contributed by atoms with Crippen molar-refractivity contribution in [2.75, 3.05) is 32.7 Å². The van der Waals surface area contributed by atoms with Gasteiger partial charge in [0.1, 0.15) is 0 Å². The van der Waals surface area contributed by atoms with E-state index in [1.165, 1.54) is 0 Å². The number of amides is 3. The van der Waals surface area contributed by atoms with Crippen LogP contribution in [0.3, 0.4) is 0 Å². The average Bonchev–Trinajstić information content (AvgIpc) is 2.55. The second kappa shape index (κ2) is 8.17. The average molecular weight is 368 g/mol. The second-order valence-corrected chi connectivity index (χ2v) is 6.32. The summed E-state index contributed by atoms with van der Waals surface area (Å²) in [5.41, 5.74) is 1.01. The van der Waals surface area contributed by atoms with Gasteiger partial charge in [-0.3, -0.25) is 4.79 Å². The third kappa shape index (κ3) is 4.73. The van der Waals surface area contributed by atoms with Crippen LogP contribution < -0.4 is 5.32 Å². The first-order valence-electron chi connectivity index (χ1n) is 7.65. The van der Waals surface area contributed by atoms with Crippen LogP contribution in [-0.4, -0.2) is 54.5 Å². The molecule has 0 atom stereocenters. The highest BCUT2D eigenvalue weighted by Crippen LogP contribution is 2.12. The molecule has 1 saturated heterocycles. The van der Waals surface area contributed by atoms with Crippen LogP contribution in [0.1, 0.15) is 18.9 Å². The zero-order valence-corrected chi connectivity index (χ0v) is 14.4. The minimum absolute atomic E-state index is 0.0261. The lowest BCUT2D eigenvalue weighted by atomic mass is 10.1. The molecule has 0 unspecified atom stereocenters. The molecule has 22 heavy (non-hydrogen) atoms. The minimum Gasteiger partial charge on any atom is -0.339 e. The van der Waals surface area contributed by atoms with E-state index in [2.05, 4.69) is 21.2 Å². The van der Waals surface area contributed by atoms with E-state index in [9.17, 15) is 9.59 Å². The van der Waals surface area contributed by atoms with Crippen LogP contribution in [-0.2, 0) is 11.2 Å². The van der Waals surface area contributed by atoms with Gasteiger partial charge < -0.3 is 15.1 Å². The first-order chi connectivity index (χ1) is 10.6. The number of nitrogens with one attached hydrogen (secondary N) is 1. The molecule has 5 nitrogen and oxygen atoms in total. The molecule has 1 aromatic carbocycles. The van der Waals surface area contributed by atoms with Gasteiger partial charge in [0, 0.05) is 37.2 Å². The lowest BCUT2D eigenvalue weighted by molar-refractivity contribution is -0.131. The first-order valence-corrected chi connectivity index (χ1v) is 8.44. The highest BCUT2D eigenvalue weighted by Gasteiger charge is 2.23. The van der Waals surface area contributed by atoms with Crippen molar-refractivity contribution in [3.05, 3.63) is 34.3 Å². The Morgan fingerprint density at radius 2 is 1.68 bits per heavy atom. The van der Waals surface area contributed by atoms with Gasteiger partial charge in [-0.1, -0.05) is 35.0 Å². The predicted octanol–water partition coefficient (Wildman–Crippen LogP) is 2.26. The monoisotopic (exact) mass is 367 g/mol. The summed E-state index contributed by atoms with van der Waals surface area (Å²) in [6.07, 6.45) is 1.34. The number of hydrogen-bond acceptors (Lipinski definition) is 2. The van der Waals surface area contributed by atoms with Crippen molar-refractivity contribution in [3.8, 4) is 0 Å². The number of carbonyl (C=O) groups excluding carboxylic acids is 2. The summed E-state index contributed by atoms with van der Waals surface area (Å²) < 4.78 is 1.01. The Kier molecular flexibility index (Phi) is 6.24. The molecule has 6 heteroatoms. The number of halogens is 1. The smallest absolute Gasteiger partial charge is 0.317 e. The molecule has 1 heterocycles. The summed E-state index contributed by atoms with van der Waals surface area (Å²) in [5, 5.41) is 2.87. The SMILES string of the molecule is CCCNC(=O)N1CCN(C(=O)Cc2ccc(Br)cc2)CC1. The van der Waals surface area contributed by atoms with E-state index >= 15 is 0 Å². The lowest BCUT2D eigenvalue weighted by Crippen LogP contribution is -2.53. The van der Waals surface area contributed by atoms with Crippen molar-refractivity contribution in [2.45, 2.75) is 19.8 Å². The Morgan fingerprint density at radius 3 is 2.27 bits per heavy atom.